The number of halogens is 1. The van der Waals surface area contributed by atoms with Gasteiger partial charge in [-0.25, -0.2) is 18.4 Å². The number of benzene rings is 1. The fourth-order valence-corrected chi connectivity index (χ4v) is 5.66. The van der Waals surface area contributed by atoms with Crippen LogP contribution in [0, 0.1) is 6.92 Å². The van der Waals surface area contributed by atoms with E-state index in [0.717, 1.165) is 28.1 Å². The third-order valence-electron chi connectivity index (χ3n) is 5.50. The van der Waals surface area contributed by atoms with Crippen molar-refractivity contribution < 1.29 is 12.8 Å². The fraction of sp³-hybridized carbons (Fsp3) is 0.238. The second-order valence-electron chi connectivity index (χ2n) is 7.38. The van der Waals surface area contributed by atoms with Crippen molar-refractivity contribution in [3.63, 3.8) is 0 Å². The van der Waals surface area contributed by atoms with Gasteiger partial charge in [0.2, 0.25) is 10.0 Å². The monoisotopic (exact) mass is 442 g/mol. The van der Waals surface area contributed by atoms with Gasteiger partial charge in [0.05, 0.1) is 22.8 Å². The Morgan fingerprint density at radius 1 is 1.23 bits per heavy atom. The topological polar surface area (TPSA) is 81.2 Å². The summed E-state index contributed by atoms with van der Waals surface area (Å²) in [6, 6.07) is 10.3. The molecule has 1 atom stereocenters. The van der Waals surface area contributed by atoms with Gasteiger partial charge in [-0.05, 0) is 49.2 Å². The summed E-state index contributed by atoms with van der Waals surface area (Å²) in [5.41, 5.74) is 3.17. The molecule has 1 aliphatic rings. The number of imidazole rings is 1. The van der Waals surface area contributed by atoms with Gasteiger partial charge in [0.15, 0.2) is 5.65 Å². The minimum absolute atomic E-state index is 0.0921. The third-order valence-corrected chi connectivity index (χ3v) is 7.77. The van der Waals surface area contributed by atoms with Crippen LogP contribution in [0.25, 0.3) is 22.6 Å². The van der Waals surface area contributed by atoms with Crippen molar-refractivity contribution in [2.24, 2.45) is 0 Å². The zero-order valence-corrected chi connectivity index (χ0v) is 17.8. The second-order valence-corrected chi connectivity index (χ2v) is 9.73. The van der Waals surface area contributed by atoms with E-state index in [4.69, 9.17) is 21.0 Å². The summed E-state index contributed by atoms with van der Waals surface area (Å²) in [6.45, 7) is 2.59. The van der Waals surface area contributed by atoms with Crippen molar-refractivity contribution in [3.8, 4) is 11.4 Å². The molecule has 154 valence electrons. The number of rotatable bonds is 4. The van der Waals surface area contributed by atoms with Crippen molar-refractivity contribution in [2.45, 2.75) is 24.3 Å². The van der Waals surface area contributed by atoms with Gasteiger partial charge >= 0.3 is 0 Å². The van der Waals surface area contributed by atoms with E-state index in [-0.39, 0.29) is 10.9 Å². The quantitative estimate of drug-likeness (QED) is 0.471. The Kier molecular flexibility index (Phi) is 4.65. The molecule has 0 saturated carbocycles. The molecule has 1 fully saturated rings. The lowest BCUT2D eigenvalue weighted by Gasteiger charge is -2.19. The van der Waals surface area contributed by atoms with Crippen LogP contribution >= 0.6 is 11.6 Å². The van der Waals surface area contributed by atoms with E-state index < -0.39 is 10.0 Å². The Balaban J connectivity index is 1.53. The van der Waals surface area contributed by atoms with Crippen LogP contribution in [-0.4, -0.2) is 40.3 Å². The van der Waals surface area contributed by atoms with Gasteiger partial charge in [-0.15, -0.1) is 0 Å². The van der Waals surface area contributed by atoms with Gasteiger partial charge in [-0.2, -0.15) is 4.31 Å². The van der Waals surface area contributed by atoms with Crippen LogP contribution < -0.4 is 0 Å². The normalized spacial score (nSPS) is 17.7. The van der Waals surface area contributed by atoms with Crippen LogP contribution in [-0.2, 0) is 10.0 Å². The standard InChI is InChI=1S/C21H19ClN4O3S/c1-14-4-5-17(11-18(14)22)30(27,28)25-9-6-16(12-25)26-20(15-7-10-29-13-15)24-19-3-2-8-23-21(19)26/h2-5,7-8,10-11,13,16H,6,9,12H2,1H3/t16-/m1/s1. The number of fused-ring (bicyclic) bond motifs is 1. The first kappa shape index (κ1) is 19.3. The maximum Gasteiger partial charge on any atom is 0.243 e. The SMILES string of the molecule is Cc1ccc(S(=O)(=O)N2CC[C@@H](n3c(-c4ccoc4)nc4cccnc43)C2)cc1Cl. The second kappa shape index (κ2) is 7.23. The summed E-state index contributed by atoms with van der Waals surface area (Å²) in [5.74, 6) is 0.722. The Morgan fingerprint density at radius 3 is 2.87 bits per heavy atom. The highest BCUT2D eigenvalue weighted by molar-refractivity contribution is 7.89. The van der Waals surface area contributed by atoms with E-state index in [2.05, 4.69) is 4.98 Å². The predicted octanol–water partition coefficient (Wildman–Crippen LogP) is 4.29. The average molecular weight is 443 g/mol. The Morgan fingerprint density at radius 2 is 2.10 bits per heavy atom. The summed E-state index contributed by atoms with van der Waals surface area (Å²) in [6.07, 6.45) is 5.61. The van der Waals surface area contributed by atoms with E-state index in [1.807, 2.05) is 29.7 Å². The molecule has 1 aromatic carbocycles. The summed E-state index contributed by atoms with van der Waals surface area (Å²) >= 11 is 6.17. The number of hydrogen-bond donors (Lipinski definition) is 0. The van der Waals surface area contributed by atoms with Gasteiger partial charge in [0.1, 0.15) is 17.6 Å². The molecule has 4 aromatic rings. The smallest absolute Gasteiger partial charge is 0.243 e. The molecule has 0 amide bonds. The largest absolute Gasteiger partial charge is 0.472 e. The minimum atomic E-state index is -3.65. The zero-order valence-electron chi connectivity index (χ0n) is 16.2. The maximum atomic E-state index is 13.2. The molecular weight excluding hydrogens is 424 g/mol. The number of sulfonamides is 1. The first-order valence-corrected chi connectivity index (χ1v) is 11.4. The van der Waals surface area contributed by atoms with Gasteiger partial charge in [-0.3, -0.25) is 0 Å². The van der Waals surface area contributed by atoms with Crippen molar-refractivity contribution >= 4 is 32.8 Å². The van der Waals surface area contributed by atoms with E-state index in [1.165, 1.54) is 10.4 Å². The highest BCUT2D eigenvalue weighted by Crippen LogP contribution is 2.34. The molecule has 1 saturated heterocycles. The molecule has 1 aliphatic heterocycles. The number of aromatic nitrogens is 3. The van der Waals surface area contributed by atoms with Crippen molar-refractivity contribution in [1.82, 2.24) is 18.8 Å². The van der Waals surface area contributed by atoms with E-state index in [1.54, 1.807) is 30.9 Å². The summed E-state index contributed by atoms with van der Waals surface area (Å²) < 4.78 is 35.2. The third kappa shape index (κ3) is 3.12. The zero-order chi connectivity index (χ0) is 20.9. The molecule has 5 rings (SSSR count). The fourth-order valence-electron chi connectivity index (χ4n) is 3.89. The molecular formula is C21H19ClN4O3S. The first-order chi connectivity index (χ1) is 14.4. The molecule has 0 spiro atoms. The lowest BCUT2D eigenvalue weighted by atomic mass is 10.2. The lowest BCUT2D eigenvalue weighted by molar-refractivity contribution is 0.455. The number of hydrogen-bond acceptors (Lipinski definition) is 5. The Hall–Kier alpha value is -2.68. The number of nitrogens with zero attached hydrogens (tertiary/aromatic N) is 4. The van der Waals surface area contributed by atoms with Crippen molar-refractivity contribution in [3.05, 3.63) is 65.7 Å². The Bertz CT molecular complexity index is 1330. The van der Waals surface area contributed by atoms with E-state index in [0.29, 0.717) is 24.5 Å². The molecule has 0 aliphatic carbocycles. The highest BCUT2D eigenvalue weighted by Gasteiger charge is 2.35. The number of aryl methyl sites for hydroxylation is 1. The molecule has 0 unspecified atom stereocenters. The van der Waals surface area contributed by atoms with E-state index in [9.17, 15) is 8.42 Å². The van der Waals surface area contributed by atoms with Gasteiger partial charge in [0.25, 0.3) is 0 Å². The maximum absolute atomic E-state index is 13.2. The van der Waals surface area contributed by atoms with Crippen LogP contribution in [0.15, 0.2) is 64.4 Å². The van der Waals surface area contributed by atoms with Crippen LogP contribution in [0.3, 0.4) is 0 Å². The number of pyridine rings is 1. The van der Waals surface area contributed by atoms with Crippen molar-refractivity contribution in [1.29, 1.82) is 0 Å². The van der Waals surface area contributed by atoms with Crippen LogP contribution in [0.4, 0.5) is 0 Å². The molecule has 4 heterocycles. The molecule has 7 nitrogen and oxygen atoms in total. The van der Waals surface area contributed by atoms with Crippen LogP contribution in [0.5, 0.6) is 0 Å². The summed E-state index contributed by atoms with van der Waals surface area (Å²) in [5, 5.41) is 0.443. The van der Waals surface area contributed by atoms with Crippen LogP contribution in [0.1, 0.15) is 18.0 Å². The molecule has 0 bridgehead atoms. The summed E-state index contributed by atoms with van der Waals surface area (Å²) in [4.78, 5) is 9.44. The van der Waals surface area contributed by atoms with E-state index >= 15 is 0 Å². The van der Waals surface area contributed by atoms with Gasteiger partial charge in [-0.1, -0.05) is 17.7 Å². The molecule has 9 heteroatoms. The molecule has 0 N–H and O–H groups in total. The van der Waals surface area contributed by atoms with Crippen LogP contribution in [0.2, 0.25) is 5.02 Å². The minimum Gasteiger partial charge on any atom is -0.472 e. The molecule has 0 radical (unpaired) electrons. The summed E-state index contributed by atoms with van der Waals surface area (Å²) in [7, 11) is -3.65. The first-order valence-electron chi connectivity index (χ1n) is 9.57. The van der Waals surface area contributed by atoms with Crippen molar-refractivity contribution in [2.75, 3.05) is 13.1 Å². The Labute approximate surface area is 179 Å². The predicted molar refractivity (Wildman–Crippen MR) is 114 cm³/mol. The van der Waals surface area contributed by atoms with Gasteiger partial charge in [0, 0.05) is 24.3 Å². The molecule has 30 heavy (non-hydrogen) atoms. The number of furan rings is 1. The van der Waals surface area contributed by atoms with Gasteiger partial charge < -0.3 is 8.98 Å². The molecule has 3 aromatic heterocycles. The highest BCUT2D eigenvalue weighted by atomic mass is 35.5. The lowest BCUT2D eigenvalue weighted by Crippen LogP contribution is -2.29. The average Bonchev–Trinajstić information content (AvgIpc) is 3.48.